The quantitative estimate of drug-likeness (QED) is 0.598. The van der Waals surface area contributed by atoms with Gasteiger partial charge in [-0.3, -0.25) is 0 Å². The van der Waals surface area contributed by atoms with Crippen molar-refractivity contribution in [2.45, 2.75) is 103 Å². The maximum Gasteiger partial charge on any atom is 0.244 e. The summed E-state index contributed by atoms with van der Waals surface area (Å²) in [5.41, 5.74) is 6.42. The van der Waals surface area contributed by atoms with E-state index < -0.39 is 0 Å². The fraction of sp³-hybridized carbons (Fsp3) is 0.696. The molecule has 1 aromatic heterocycles. The van der Waals surface area contributed by atoms with Crippen molar-refractivity contribution in [1.82, 2.24) is 4.57 Å². The molecule has 4 rings (SSSR count). The highest BCUT2D eigenvalue weighted by Gasteiger charge is 2.29. The standard InChI is InChI=1S/C23H35N2/c1-3-24-17-25(4-2)23-21(19-13-9-6-10-14-19)16-15-20(22(23)24)18-11-7-5-8-12-18/h15-19H,3-14H2,1-2H3/q+1. The van der Waals surface area contributed by atoms with E-state index in [2.05, 4.69) is 41.4 Å². The SMILES string of the molecule is CCn1c[n+](CC)c2c(C3CCCCC3)ccc(C3CCCCC3)c21. The van der Waals surface area contributed by atoms with Crippen LogP contribution in [0.4, 0.5) is 0 Å². The molecule has 2 saturated carbocycles. The predicted octanol–water partition coefficient (Wildman–Crippen LogP) is 6.06. The number of hydrogen-bond acceptors (Lipinski definition) is 0. The molecule has 25 heavy (non-hydrogen) atoms. The molecule has 0 atom stereocenters. The zero-order chi connectivity index (χ0) is 17.2. The molecule has 1 heterocycles. The zero-order valence-corrected chi connectivity index (χ0v) is 16.3. The largest absolute Gasteiger partial charge is 0.244 e. The monoisotopic (exact) mass is 339 g/mol. The van der Waals surface area contributed by atoms with Gasteiger partial charge in [0.15, 0.2) is 11.0 Å². The van der Waals surface area contributed by atoms with Gasteiger partial charge in [0.1, 0.15) is 0 Å². The Bertz CT molecular complexity index is 655. The van der Waals surface area contributed by atoms with Gasteiger partial charge in [-0.05, 0) is 51.4 Å². The summed E-state index contributed by atoms with van der Waals surface area (Å²) in [6, 6.07) is 5.04. The number of imidazole rings is 1. The Morgan fingerprint density at radius 3 is 1.96 bits per heavy atom. The summed E-state index contributed by atoms with van der Waals surface area (Å²) < 4.78 is 5.07. The molecule has 2 aliphatic carbocycles. The second kappa shape index (κ2) is 7.51. The van der Waals surface area contributed by atoms with Gasteiger partial charge in [0, 0.05) is 11.1 Å². The maximum absolute atomic E-state index is 2.54. The molecular weight excluding hydrogens is 304 g/mol. The zero-order valence-electron chi connectivity index (χ0n) is 16.3. The van der Waals surface area contributed by atoms with Crippen molar-refractivity contribution < 1.29 is 4.57 Å². The average molecular weight is 340 g/mol. The van der Waals surface area contributed by atoms with E-state index >= 15 is 0 Å². The Morgan fingerprint density at radius 1 is 0.840 bits per heavy atom. The third-order valence-corrected chi connectivity index (χ3v) is 6.84. The van der Waals surface area contributed by atoms with Gasteiger partial charge in [-0.25, -0.2) is 9.13 Å². The minimum absolute atomic E-state index is 0.780. The Morgan fingerprint density at radius 2 is 1.40 bits per heavy atom. The van der Waals surface area contributed by atoms with Gasteiger partial charge in [0.2, 0.25) is 6.33 Å². The Labute approximate surface area is 153 Å². The van der Waals surface area contributed by atoms with E-state index in [-0.39, 0.29) is 0 Å². The van der Waals surface area contributed by atoms with Crippen molar-refractivity contribution in [2.75, 3.05) is 0 Å². The van der Waals surface area contributed by atoms with Crippen molar-refractivity contribution in [3.8, 4) is 0 Å². The molecule has 136 valence electrons. The van der Waals surface area contributed by atoms with Gasteiger partial charge in [0.25, 0.3) is 0 Å². The lowest BCUT2D eigenvalue weighted by atomic mass is 9.80. The van der Waals surface area contributed by atoms with E-state index in [9.17, 15) is 0 Å². The highest BCUT2D eigenvalue weighted by molar-refractivity contribution is 5.81. The number of aryl methyl sites for hydroxylation is 2. The lowest BCUT2D eigenvalue weighted by Crippen LogP contribution is -2.31. The third kappa shape index (κ3) is 3.13. The first kappa shape index (κ1) is 17.1. The molecule has 1 aromatic carbocycles. The summed E-state index contributed by atoms with van der Waals surface area (Å²) in [5.74, 6) is 1.56. The molecule has 0 aliphatic heterocycles. The summed E-state index contributed by atoms with van der Waals surface area (Å²) in [6.45, 7) is 6.77. The van der Waals surface area contributed by atoms with Crippen LogP contribution < -0.4 is 4.57 Å². The normalized spacial score (nSPS) is 20.4. The Balaban J connectivity index is 1.88. The number of nitrogens with zero attached hydrogens (tertiary/aromatic N) is 2. The number of hydrogen-bond donors (Lipinski definition) is 0. The van der Waals surface area contributed by atoms with Crippen LogP contribution in [0.1, 0.15) is 101 Å². The molecule has 0 spiro atoms. The van der Waals surface area contributed by atoms with Crippen molar-refractivity contribution in [1.29, 1.82) is 0 Å². The first-order valence-electron chi connectivity index (χ1n) is 10.9. The lowest BCUT2D eigenvalue weighted by Gasteiger charge is -2.25. The van der Waals surface area contributed by atoms with Crippen molar-refractivity contribution >= 4 is 11.0 Å². The first-order chi connectivity index (χ1) is 12.3. The molecule has 2 aromatic rings. The number of aromatic nitrogens is 2. The molecule has 2 aliphatic rings. The molecule has 0 radical (unpaired) electrons. The van der Waals surface area contributed by atoms with Crippen LogP contribution in [0.25, 0.3) is 11.0 Å². The number of rotatable bonds is 4. The van der Waals surface area contributed by atoms with Crippen LogP contribution >= 0.6 is 0 Å². The summed E-state index contributed by atoms with van der Waals surface area (Å²) in [7, 11) is 0. The smallest absolute Gasteiger partial charge is 0.230 e. The van der Waals surface area contributed by atoms with E-state index in [0.29, 0.717) is 0 Å². The minimum Gasteiger partial charge on any atom is -0.230 e. The van der Waals surface area contributed by atoms with Crippen LogP contribution in [0.3, 0.4) is 0 Å². The Kier molecular flexibility index (Phi) is 5.15. The first-order valence-corrected chi connectivity index (χ1v) is 10.9. The van der Waals surface area contributed by atoms with Crippen LogP contribution in [0.15, 0.2) is 18.5 Å². The molecule has 0 N–H and O–H groups in total. The minimum atomic E-state index is 0.780. The predicted molar refractivity (Wildman–Crippen MR) is 105 cm³/mol. The summed E-state index contributed by atoms with van der Waals surface area (Å²) in [6.07, 6.45) is 16.5. The summed E-state index contributed by atoms with van der Waals surface area (Å²) in [5, 5.41) is 0. The van der Waals surface area contributed by atoms with Crippen molar-refractivity contribution in [3.05, 3.63) is 29.6 Å². The second-order valence-corrected chi connectivity index (χ2v) is 8.30. The van der Waals surface area contributed by atoms with E-state index in [1.807, 2.05) is 0 Å². The third-order valence-electron chi connectivity index (χ3n) is 6.84. The highest BCUT2D eigenvalue weighted by Crippen LogP contribution is 2.40. The molecular formula is C23H35N2+. The van der Waals surface area contributed by atoms with Gasteiger partial charge < -0.3 is 0 Å². The fourth-order valence-electron chi connectivity index (χ4n) is 5.46. The van der Waals surface area contributed by atoms with Crippen molar-refractivity contribution in [3.63, 3.8) is 0 Å². The summed E-state index contributed by atoms with van der Waals surface area (Å²) >= 11 is 0. The lowest BCUT2D eigenvalue weighted by molar-refractivity contribution is -0.668. The molecule has 0 unspecified atom stereocenters. The second-order valence-electron chi connectivity index (χ2n) is 8.30. The van der Waals surface area contributed by atoms with E-state index in [4.69, 9.17) is 0 Å². The van der Waals surface area contributed by atoms with Crippen LogP contribution in [-0.4, -0.2) is 4.57 Å². The van der Waals surface area contributed by atoms with Gasteiger partial charge in [0.05, 0.1) is 13.1 Å². The molecule has 2 fully saturated rings. The van der Waals surface area contributed by atoms with Crippen LogP contribution in [0.5, 0.6) is 0 Å². The fourth-order valence-corrected chi connectivity index (χ4v) is 5.46. The van der Waals surface area contributed by atoms with Crippen LogP contribution in [-0.2, 0) is 13.1 Å². The number of fused-ring (bicyclic) bond motifs is 1. The average Bonchev–Trinajstić information content (AvgIpc) is 3.07. The van der Waals surface area contributed by atoms with Crippen LogP contribution in [0.2, 0.25) is 0 Å². The van der Waals surface area contributed by atoms with Crippen LogP contribution in [0, 0.1) is 0 Å². The van der Waals surface area contributed by atoms with Gasteiger partial charge in [-0.2, -0.15) is 0 Å². The summed E-state index contributed by atoms with van der Waals surface area (Å²) in [4.78, 5) is 0. The highest BCUT2D eigenvalue weighted by atomic mass is 15.1. The van der Waals surface area contributed by atoms with E-state index in [1.54, 1.807) is 22.2 Å². The topological polar surface area (TPSA) is 8.81 Å². The molecule has 2 heteroatoms. The molecule has 0 bridgehead atoms. The molecule has 0 saturated heterocycles. The van der Waals surface area contributed by atoms with Gasteiger partial charge >= 0.3 is 0 Å². The molecule has 0 amide bonds. The Hall–Kier alpha value is -1.31. The maximum atomic E-state index is 2.54. The van der Waals surface area contributed by atoms with E-state index in [0.717, 1.165) is 24.9 Å². The molecule has 2 nitrogen and oxygen atoms in total. The van der Waals surface area contributed by atoms with E-state index in [1.165, 1.54) is 64.2 Å². The van der Waals surface area contributed by atoms with Gasteiger partial charge in [-0.1, -0.05) is 50.7 Å². The number of benzene rings is 1. The van der Waals surface area contributed by atoms with Crippen molar-refractivity contribution in [2.24, 2.45) is 0 Å². The van der Waals surface area contributed by atoms with Gasteiger partial charge in [-0.15, -0.1) is 0 Å².